The Hall–Kier alpha value is -1.22. The summed E-state index contributed by atoms with van der Waals surface area (Å²) in [5, 5.41) is 0. The molecule has 0 aliphatic carbocycles. The van der Waals surface area contributed by atoms with Gasteiger partial charge in [0.1, 0.15) is 0 Å². The topological polar surface area (TPSA) is 26.3 Å². The molecule has 0 aliphatic heterocycles. The molecule has 0 N–H and O–H groups in total. The van der Waals surface area contributed by atoms with E-state index in [-0.39, 0.29) is 5.97 Å². The van der Waals surface area contributed by atoms with E-state index in [4.69, 9.17) is 4.74 Å². The Balaban J connectivity index is 2.87. The van der Waals surface area contributed by atoms with E-state index in [1.807, 2.05) is 19.1 Å². The molecule has 0 unspecified atom stereocenters. The number of hydrogen-bond donors (Lipinski definition) is 0. The second kappa shape index (κ2) is 6.50. The van der Waals surface area contributed by atoms with Gasteiger partial charge in [-0.05, 0) is 38.5 Å². The minimum atomic E-state index is -0.271. The first-order valence-electron chi connectivity index (χ1n) is 5.50. The maximum atomic E-state index is 11.5. The van der Waals surface area contributed by atoms with Crippen LogP contribution in [0.4, 0.5) is 0 Å². The van der Waals surface area contributed by atoms with Crippen molar-refractivity contribution in [2.75, 3.05) is 12.9 Å². The Morgan fingerprint density at radius 2 is 2.12 bits per heavy atom. The van der Waals surface area contributed by atoms with Crippen LogP contribution in [0.3, 0.4) is 0 Å². The molecule has 2 nitrogen and oxygen atoms in total. The van der Waals surface area contributed by atoms with Crippen molar-refractivity contribution in [1.82, 2.24) is 0 Å². The Morgan fingerprint density at radius 1 is 1.41 bits per heavy atom. The normalized spacial score (nSPS) is 9.88. The van der Waals surface area contributed by atoms with Crippen molar-refractivity contribution in [3.05, 3.63) is 41.0 Å². The largest absolute Gasteiger partial charge is 0.465 e. The zero-order chi connectivity index (χ0) is 12.8. The standard InChI is InChI=1S/C14H18O2S/c1-10(2)8-9-17-13-7-5-6-12(11(13)3)14(15)16-4/h5-8H,9H2,1-4H3. The van der Waals surface area contributed by atoms with Crippen molar-refractivity contribution in [3.8, 4) is 0 Å². The lowest BCUT2D eigenvalue weighted by Crippen LogP contribution is -2.04. The Kier molecular flexibility index (Phi) is 5.29. The third-order valence-electron chi connectivity index (χ3n) is 2.42. The zero-order valence-electron chi connectivity index (χ0n) is 10.7. The molecule has 17 heavy (non-hydrogen) atoms. The number of esters is 1. The number of benzene rings is 1. The van der Waals surface area contributed by atoms with E-state index in [1.54, 1.807) is 17.8 Å². The molecule has 0 amide bonds. The van der Waals surface area contributed by atoms with Gasteiger partial charge in [0, 0.05) is 10.6 Å². The second-order valence-corrected chi connectivity index (χ2v) is 5.07. The number of thioether (sulfide) groups is 1. The molecular weight excluding hydrogens is 232 g/mol. The van der Waals surface area contributed by atoms with Gasteiger partial charge in [0.05, 0.1) is 12.7 Å². The molecular formula is C14H18O2S. The highest BCUT2D eigenvalue weighted by molar-refractivity contribution is 7.99. The van der Waals surface area contributed by atoms with E-state index in [9.17, 15) is 4.79 Å². The predicted molar refractivity (Wildman–Crippen MR) is 72.7 cm³/mol. The van der Waals surface area contributed by atoms with Gasteiger partial charge in [-0.2, -0.15) is 0 Å². The third kappa shape index (κ3) is 3.93. The average molecular weight is 250 g/mol. The number of hydrogen-bond acceptors (Lipinski definition) is 3. The molecule has 0 radical (unpaired) electrons. The van der Waals surface area contributed by atoms with Crippen LogP contribution in [0.1, 0.15) is 29.8 Å². The molecule has 3 heteroatoms. The summed E-state index contributed by atoms with van der Waals surface area (Å²) >= 11 is 1.73. The quantitative estimate of drug-likeness (QED) is 0.461. The zero-order valence-corrected chi connectivity index (χ0v) is 11.6. The molecule has 0 spiro atoms. The van der Waals surface area contributed by atoms with Crippen LogP contribution in [0.15, 0.2) is 34.7 Å². The monoisotopic (exact) mass is 250 g/mol. The van der Waals surface area contributed by atoms with Crippen LogP contribution in [0.2, 0.25) is 0 Å². The van der Waals surface area contributed by atoms with Gasteiger partial charge in [-0.3, -0.25) is 0 Å². The van der Waals surface area contributed by atoms with E-state index >= 15 is 0 Å². The SMILES string of the molecule is COC(=O)c1cccc(SCC=C(C)C)c1C. The van der Waals surface area contributed by atoms with Crippen LogP contribution in [0.25, 0.3) is 0 Å². The van der Waals surface area contributed by atoms with Crippen LogP contribution in [0.5, 0.6) is 0 Å². The van der Waals surface area contributed by atoms with Crippen LogP contribution in [-0.2, 0) is 4.74 Å². The smallest absolute Gasteiger partial charge is 0.338 e. The van der Waals surface area contributed by atoms with Crippen molar-refractivity contribution in [2.24, 2.45) is 0 Å². The van der Waals surface area contributed by atoms with Crippen molar-refractivity contribution in [1.29, 1.82) is 0 Å². The van der Waals surface area contributed by atoms with E-state index in [0.717, 1.165) is 16.2 Å². The molecule has 0 aliphatic rings. The van der Waals surface area contributed by atoms with Gasteiger partial charge in [-0.25, -0.2) is 4.79 Å². The lowest BCUT2D eigenvalue weighted by atomic mass is 10.1. The fourth-order valence-corrected chi connectivity index (χ4v) is 2.50. The highest BCUT2D eigenvalue weighted by atomic mass is 32.2. The number of ether oxygens (including phenoxy) is 1. The van der Waals surface area contributed by atoms with Crippen LogP contribution in [0, 0.1) is 6.92 Å². The highest BCUT2D eigenvalue weighted by Crippen LogP contribution is 2.25. The molecule has 1 rings (SSSR count). The first-order valence-corrected chi connectivity index (χ1v) is 6.49. The Labute approximate surface area is 107 Å². The molecule has 0 bridgehead atoms. The minimum absolute atomic E-state index is 0.271. The van der Waals surface area contributed by atoms with Gasteiger partial charge in [0.2, 0.25) is 0 Å². The highest BCUT2D eigenvalue weighted by Gasteiger charge is 2.11. The third-order valence-corrected chi connectivity index (χ3v) is 3.51. The van der Waals surface area contributed by atoms with Gasteiger partial charge < -0.3 is 4.74 Å². The molecule has 0 heterocycles. The van der Waals surface area contributed by atoms with Gasteiger partial charge in [-0.1, -0.05) is 17.7 Å². The van der Waals surface area contributed by atoms with Crippen molar-refractivity contribution in [3.63, 3.8) is 0 Å². The second-order valence-electron chi connectivity index (χ2n) is 4.01. The minimum Gasteiger partial charge on any atom is -0.465 e. The van der Waals surface area contributed by atoms with Gasteiger partial charge >= 0.3 is 5.97 Å². The molecule has 1 aromatic rings. The van der Waals surface area contributed by atoms with E-state index in [2.05, 4.69) is 19.9 Å². The summed E-state index contributed by atoms with van der Waals surface area (Å²) in [5.41, 5.74) is 2.94. The number of carbonyl (C=O) groups excluding carboxylic acids is 1. The van der Waals surface area contributed by atoms with E-state index < -0.39 is 0 Å². The van der Waals surface area contributed by atoms with Crippen molar-refractivity contribution in [2.45, 2.75) is 25.7 Å². The fourth-order valence-electron chi connectivity index (χ4n) is 1.40. The van der Waals surface area contributed by atoms with E-state index in [1.165, 1.54) is 12.7 Å². The summed E-state index contributed by atoms with van der Waals surface area (Å²) in [7, 11) is 1.41. The van der Waals surface area contributed by atoms with Gasteiger partial charge in [-0.15, -0.1) is 11.8 Å². The van der Waals surface area contributed by atoms with Crippen LogP contribution in [-0.4, -0.2) is 18.8 Å². The molecule has 0 saturated heterocycles. The van der Waals surface area contributed by atoms with E-state index in [0.29, 0.717) is 5.56 Å². The number of carbonyl (C=O) groups is 1. The summed E-state index contributed by atoms with van der Waals surface area (Å²) in [6.45, 7) is 6.12. The summed E-state index contributed by atoms with van der Waals surface area (Å²) in [4.78, 5) is 12.7. The summed E-state index contributed by atoms with van der Waals surface area (Å²) in [5.74, 6) is 0.653. The van der Waals surface area contributed by atoms with Crippen molar-refractivity contribution >= 4 is 17.7 Å². The fraction of sp³-hybridized carbons (Fsp3) is 0.357. The molecule has 1 aromatic carbocycles. The predicted octanol–water partition coefficient (Wildman–Crippen LogP) is 3.84. The lowest BCUT2D eigenvalue weighted by Gasteiger charge is -2.08. The summed E-state index contributed by atoms with van der Waals surface area (Å²) in [6.07, 6.45) is 2.18. The van der Waals surface area contributed by atoms with Crippen molar-refractivity contribution < 1.29 is 9.53 Å². The Bertz CT molecular complexity index is 432. The van der Waals surface area contributed by atoms with Gasteiger partial charge in [0.25, 0.3) is 0 Å². The van der Waals surface area contributed by atoms with Gasteiger partial charge in [0.15, 0.2) is 0 Å². The molecule has 0 aromatic heterocycles. The molecule has 92 valence electrons. The first-order chi connectivity index (χ1) is 8.06. The van der Waals surface area contributed by atoms with Crippen LogP contribution >= 0.6 is 11.8 Å². The van der Waals surface area contributed by atoms with Crippen LogP contribution < -0.4 is 0 Å². The maximum Gasteiger partial charge on any atom is 0.338 e. The maximum absolute atomic E-state index is 11.5. The number of allylic oxidation sites excluding steroid dienone is 1. The lowest BCUT2D eigenvalue weighted by molar-refractivity contribution is 0.0599. The Morgan fingerprint density at radius 3 is 2.71 bits per heavy atom. The molecule has 0 saturated carbocycles. The summed E-state index contributed by atoms with van der Waals surface area (Å²) < 4.78 is 4.75. The molecule has 0 atom stereocenters. The number of methoxy groups -OCH3 is 1. The average Bonchev–Trinajstić information content (AvgIpc) is 2.30. The number of rotatable bonds is 4. The molecule has 0 fully saturated rings. The first kappa shape index (κ1) is 13.8. The summed E-state index contributed by atoms with van der Waals surface area (Å²) in [6, 6.07) is 5.72.